The molecule has 2 atom stereocenters. The van der Waals surface area contributed by atoms with E-state index >= 15 is 0 Å². The first-order valence-corrected chi connectivity index (χ1v) is 14.7. The highest BCUT2D eigenvalue weighted by molar-refractivity contribution is 6.00. The largest absolute Gasteiger partial charge is 0.491 e. The van der Waals surface area contributed by atoms with Gasteiger partial charge in [0.25, 0.3) is 5.69 Å². The number of allylic oxidation sites excluding steroid dienone is 2. The number of nitriles is 1. The van der Waals surface area contributed by atoms with Gasteiger partial charge < -0.3 is 40.0 Å². The zero-order valence-corrected chi connectivity index (χ0v) is 26.0. The van der Waals surface area contributed by atoms with Crippen molar-refractivity contribution in [3.8, 4) is 11.8 Å². The molecule has 0 aromatic heterocycles. The topological polar surface area (TPSA) is 211 Å². The number of ether oxygens (including phenoxy) is 4. The molecule has 3 rings (SSSR count). The molecule has 2 aromatic carbocycles. The number of carbonyl (C=O) groups excluding carboxylic acids is 3. The molecule has 2 unspecified atom stereocenters. The van der Waals surface area contributed by atoms with Crippen molar-refractivity contribution in [3.05, 3.63) is 92.8 Å². The molecule has 15 nitrogen and oxygen atoms in total. The first kappa shape index (κ1) is 36.0. The van der Waals surface area contributed by atoms with Gasteiger partial charge >= 0.3 is 18.0 Å². The molecule has 1 heterocycles. The van der Waals surface area contributed by atoms with Crippen molar-refractivity contribution in [3.63, 3.8) is 0 Å². The Kier molecular flexibility index (Phi) is 14.2. The summed E-state index contributed by atoms with van der Waals surface area (Å²) in [4.78, 5) is 48.9. The number of methoxy groups -OCH3 is 1. The Hall–Kier alpha value is -5.46. The number of hydrogen-bond acceptors (Lipinski definition) is 13. The van der Waals surface area contributed by atoms with Crippen molar-refractivity contribution >= 4 is 23.7 Å². The zero-order chi connectivity index (χ0) is 34.2. The molecule has 1 aliphatic rings. The number of para-hydroxylation sites is 1. The van der Waals surface area contributed by atoms with Gasteiger partial charge in [-0.2, -0.15) is 5.26 Å². The van der Waals surface area contributed by atoms with E-state index in [9.17, 15) is 34.9 Å². The minimum Gasteiger partial charge on any atom is -0.491 e. The number of esters is 2. The van der Waals surface area contributed by atoms with Crippen LogP contribution in [0.15, 0.2) is 77.1 Å². The molecular weight excluding hydrogens is 614 g/mol. The number of aliphatic hydroxyl groups excluding tert-OH is 1. The summed E-state index contributed by atoms with van der Waals surface area (Å²) in [6.45, 7) is 2.43. The lowest BCUT2D eigenvalue weighted by Crippen LogP contribution is -2.34. The van der Waals surface area contributed by atoms with E-state index in [1.165, 1.54) is 31.2 Å². The summed E-state index contributed by atoms with van der Waals surface area (Å²) in [6, 6.07) is 16.4. The van der Waals surface area contributed by atoms with Gasteiger partial charge in [0.15, 0.2) is 0 Å². The fourth-order valence-corrected chi connectivity index (χ4v) is 4.65. The summed E-state index contributed by atoms with van der Waals surface area (Å²) in [5.41, 5.74) is -0.321. The van der Waals surface area contributed by atoms with E-state index in [4.69, 9.17) is 18.9 Å². The molecule has 2 aromatic rings. The molecule has 0 spiro atoms. The fraction of sp³-hybridized carbons (Fsp3) is 0.375. The third-order valence-corrected chi connectivity index (χ3v) is 6.87. The molecule has 4 N–H and O–H groups in total. The van der Waals surface area contributed by atoms with Crippen LogP contribution in [0, 0.1) is 21.4 Å². The summed E-state index contributed by atoms with van der Waals surface area (Å²) in [6.07, 6.45) is -0.109. The maximum absolute atomic E-state index is 13.3. The van der Waals surface area contributed by atoms with Gasteiger partial charge in [-0.3, -0.25) is 10.1 Å². The minimum atomic E-state index is -1.20. The van der Waals surface area contributed by atoms with Gasteiger partial charge in [-0.1, -0.05) is 30.3 Å². The molecule has 0 radical (unpaired) electrons. The smallest absolute Gasteiger partial charge is 0.407 e. The number of aliphatic hydroxyl groups is 1. The molecule has 47 heavy (non-hydrogen) atoms. The summed E-state index contributed by atoms with van der Waals surface area (Å²) in [7, 11) is 1.11. The van der Waals surface area contributed by atoms with Crippen LogP contribution in [0.2, 0.25) is 0 Å². The van der Waals surface area contributed by atoms with E-state index in [0.717, 1.165) is 7.11 Å². The van der Waals surface area contributed by atoms with E-state index in [2.05, 4.69) is 16.0 Å². The highest BCUT2D eigenvalue weighted by Gasteiger charge is 2.39. The average Bonchev–Trinajstić information content (AvgIpc) is 3.08. The second-order valence-corrected chi connectivity index (χ2v) is 10.2. The summed E-state index contributed by atoms with van der Waals surface area (Å²) in [5.74, 6) is -2.30. The predicted molar refractivity (Wildman–Crippen MR) is 167 cm³/mol. The van der Waals surface area contributed by atoms with E-state index in [1.807, 2.05) is 36.4 Å². The lowest BCUT2D eigenvalue weighted by molar-refractivity contribution is -0.384. The minimum absolute atomic E-state index is 0.0580. The van der Waals surface area contributed by atoms with Crippen molar-refractivity contribution in [2.24, 2.45) is 0 Å². The van der Waals surface area contributed by atoms with Gasteiger partial charge in [0.05, 0.1) is 42.2 Å². The van der Waals surface area contributed by atoms with Crippen LogP contribution < -0.4 is 20.7 Å². The van der Waals surface area contributed by atoms with E-state index in [-0.39, 0.29) is 60.2 Å². The van der Waals surface area contributed by atoms with Gasteiger partial charge in [-0.15, -0.1) is 0 Å². The number of non-ortho nitro benzene ring substituents is 1. The van der Waals surface area contributed by atoms with E-state index < -0.39 is 35.0 Å². The Morgan fingerprint density at radius 2 is 1.81 bits per heavy atom. The number of nitrogens with zero attached hydrogens (tertiary/aromatic N) is 2. The number of nitro groups is 1. The second-order valence-electron chi connectivity index (χ2n) is 10.2. The zero-order valence-electron chi connectivity index (χ0n) is 26.0. The van der Waals surface area contributed by atoms with Crippen LogP contribution in [0.4, 0.5) is 10.5 Å². The SMILES string of the molecule is COC(=O)C1=C(C#N)NC(C)=C(C(=O)OCCNC(=O)OCCCCNCC(O)COc2ccccc2)C1c1cccc([N+](=O)[O-])c1. The van der Waals surface area contributed by atoms with Crippen LogP contribution in [0.25, 0.3) is 0 Å². The average molecular weight is 652 g/mol. The number of amides is 1. The molecule has 1 aliphatic heterocycles. The Morgan fingerprint density at radius 1 is 1.04 bits per heavy atom. The van der Waals surface area contributed by atoms with Crippen LogP contribution in [-0.2, 0) is 23.8 Å². The van der Waals surface area contributed by atoms with Crippen molar-refractivity contribution < 1.29 is 43.4 Å². The first-order valence-electron chi connectivity index (χ1n) is 14.7. The van der Waals surface area contributed by atoms with Gasteiger partial charge in [-0.25, -0.2) is 14.4 Å². The van der Waals surface area contributed by atoms with Gasteiger partial charge in [0.2, 0.25) is 0 Å². The van der Waals surface area contributed by atoms with Gasteiger partial charge in [0.1, 0.15) is 36.8 Å². The highest BCUT2D eigenvalue weighted by Crippen LogP contribution is 2.40. The summed E-state index contributed by atoms with van der Waals surface area (Å²) >= 11 is 0. The highest BCUT2D eigenvalue weighted by atomic mass is 16.6. The Bertz CT molecular complexity index is 1520. The van der Waals surface area contributed by atoms with E-state index in [1.54, 1.807) is 0 Å². The number of nitro benzene ring substituents is 1. The van der Waals surface area contributed by atoms with Crippen LogP contribution in [0.5, 0.6) is 5.75 Å². The van der Waals surface area contributed by atoms with Gasteiger partial charge in [0, 0.05) is 24.4 Å². The number of carbonyl (C=O) groups is 3. The maximum atomic E-state index is 13.3. The molecule has 0 aliphatic carbocycles. The van der Waals surface area contributed by atoms with Crippen LogP contribution in [-0.4, -0.2) is 80.7 Å². The van der Waals surface area contributed by atoms with Crippen molar-refractivity contribution in [1.82, 2.24) is 16.0 Å². The lowest BCUT2D eigenvalue weighted by Gasteiger charge is -2.29. The maximum Gasteiger partial charge on any atom is 0.407 e. The number of nitrogens with one attached hydrogen (secondary N) is 3. The fourth-order valence-electron chi connectivity index (χ4n) is 4.65. The van der Waals surface area contributed by atoms with Crippen LogP contribution in [0.1, 0.15) is 31.2 Å². The monoisotopic (exact) mass is 651 g/mol. The standard InChI is InChI=1S/C32H37N5O10/c1-21-27(28(22-9-8-10-23(17-22)37(42)43)29(30(39)44-2)26(18-33)36-21)31(40)45-16-14-35-32(41)46-15-7-6-13-34-19-24(38)20-47-25-11-4-3-5-12-25/h3-5,8-12,17,24,28,34,36,38H,6-7,13-16,19-20H2,1-2H3,(H,35,41). The molecule has 0 saturated carbocycles. The van der Waals surface area contributed by atoms with Crippen molar-refractivity contribution in [2.75, 3.05) is 46.6 Å². The number of unbranched alkanes of at least 4 members (excludes halogenated alkanes) is 1. The van der Waals surface area contributed by atoms with Gasteiger partial charge in [-0.05, 0) is 44.0 Å². The lowest BCUT2D eigenvalue weighted by atomic mass is 9.80. The number of hydrogen-bond donors (Lipinski definition) is 4. The number of dihydropyridines is 1. The molecule has 250 valence electrons. The molecule has 0 fully saturated rings. The first-order chi connectivity index (χ1) is 22.7. The third kappa shape index (κ3) is 10.8. The van der Waals surface area contributed by atoms with Crippen LogP contribution >= 0.6 is 0 Å². The molecule has 0 bridgehead atoms. The van der Waals surface area contributed by atoms with E-state index in [0.29, 0.717) is 31.7 Å². The molecule has 15 heteroatoms. The molecule has 0 saturated heterocycles. The van der Waals surface area contributed by atoms with Crippen LogP contribution in [0.3, 0.4) is 0 Å². The van der Waals surface area contributed by atoms with Crippen molar-refractivity contribution in [2.45, 2.75) is 31.8 Å². The Balaban J connectivity index is 1.43. The van der Waals surface area contributed by atoms with Crippen molar-refractivity contribution in [1.29, 1.82) is 5.26 Å². The summed E-state index contributed by atoms with van der Waals surface area (Å²) in [5, 5.41) is 39.4. The quantitative estimate of drug-likeness (QED) is 0.0638. The predicted octanol–water partition coefficient (Wildman–Crippen LogP) is 2.59. The third-order valence-electron chi connectivity index (χ3n) is 6.87. The molecule has 1 amide bonds. The Morgan fingerprint density at radius 3 is 2.51 bits per heavy atom. The number of benzene rings is 2. The second kappa shape index (κ2) is 18.5. The summed E-state index contributed by atoms with van der Waals surface area (Å²) < 4.78 is 20.8. The molecular formula is C32H37N5O10. The number of alkyl carbamates (subject to hydrolysis) is 1. The normalized spacial score (nSPS) is 14.7. The Labute approximate surface area is 271 Å². The number of rotatable bonds is 17.